The predicted molar refractivity (Wildman–Crippen MR) is 99.2 cm³/mol. The molecule has 0 unspecified atom stereocenters. The lowest BCUT2D eigenvalue weighted by atomic mass is 10.1. The first kappa shape index (κ1) is 18.1. The van der Waals surface area contributed by atoms with Crippen LogP contribution >= 0.6 is 0 Å². The number of carbonyl (C=O) groups is 1. The number of nitrogens with one attached hydrogen (secondary N) is 1. The molecule has 0 fully saturated rings. The Hall–Kier alpha value is -2.74. The van der Waals surface area contributed by atoms with Crippen molar-refractivity contribution in [3.8, 4) is 0 Å². The molecule has 0 aliphatic heterocycles. The summed E-state index contributed by atoms with van der Waals surface area (Å²) in [5.41, 5.74) is 1.93. The van der Waals surface area contributed by atoms with Crippen LogP contribution in [0.1, 0.15) is 33.9 Å². The number of hydrogen-bond donors (Lipinski definition) is 1. The largest absolute Gasteiger partial charge is 0.303 e. The third-order valence-corrected chi connectivity index (χ3v) is 5.24. The number of aromatic amines is 1. The van der Waals surface area contributed by atoms with Crippen LogP contribution in [0.4, 0.5) is 0 Å². The lowest BCUT2D eigenvalue weighted by molar-refractivity contribution is 0.0972. The predicted octanol–water partition coefficient (Wildman–Crippen LogP) is 1.96. The minimum absolute atomic E-state index is 0.0207. The summed E-state index contributed by atoms with van der Waals surface area (Å²) >= 11 is 0. The highest BCUT2D eigenvalue weighted by atomic mass is 32.2. The molecule has 0 saturated carbocycles. The molecule has 2 heterocycles. The maximum atomic E-state index is 12.5. The molecule has 0 aliphatic rings. The van der Waals surface area contributed by atoms with Gasteiger partial charge in [-0.05, 0) is 31.9 Å². The van der Waals surface area contributed by atoms with Gasteiger partial charge < -0.3 is 4.98 Å². The molecule has 0 radical (unpaired) electrons. The second-order valence-corrected chi connectivity index (χ2v) is 8.21. The first-order chi connectivity index (χ1) is 12.2. The fraction of sp³-hybridized carbons (Fsp3) is 0.278. The van der Waals surface area contributed by atoms with Gasteiger partial charge in [0.25, 0.3) is 5.56 Å². The van der Waals surface area contributed by atoms with Gasteiger partial charge in [-0.3, -0.25) is 9.59 Å². The molecule has 7 nitrogen and oxygen atoms in total. The van der Waals surface area contributed by atoms with Crippen LogP contribution in [0.2, 0.25) is 0 Å². The number of hydrogen-bond acceptors (Lipinski definition) is 5. The molecule has 2 aromatic heterocycles. The van der Waals surface area contributed by atoms with Gasteiger partial charge in [-0.15, -0.1) is 0 Å². The van der Waals surface area contributed by atoms with Crippen molar-refractivity contribution in [2.24, 2.45) is 0 Å². The highest BCUT2D eigenvalue weighted by Crippen LogP contribution is 2.17. The fourth-order valence-corrected chi connectivity index (χ4v) is 4.01. The van der Waals surface area contributed by atoms with E-state index in [1.165, 1.54) is 6.07 Å². The van der Waals surface area contributed by atoms with Crippen molar-refractivity contribution in [3.63, 3.8) is 0 Å². The summed E-state index contributed by atoms with van der Waals surface area (Å²) in [7, 11) is -3.65. The van der Waals surface area contributed by atoms with E-state index in [-0.39, 0.29) is 29.1 Å². The third kappa shape index (κ3) is 3.45. The van der Waals surface area contributed by atoms with Crippen molar-refractivity contribution in [1.82, 2.24) is 13.9 Å². The Morgan fingerprint density at radius 1 is 1.23 bits per heavy atom. The van der Waals surface area contributed by atoms with E-state index < -0.39 is 15.6 Å². The molecule has 1 N–H and O–H groups in total. The zero-order chi connectivity index (χ0) is 19.1. The van der Waals surface area contributed by atoms with Crippen molar-refractivity contribution in [2.75, 3.05) is 6.26 Å². The van der Waals surface area contributed by atoms with Crippen LogP contribution in [0.25, 0.3) is 11.0 Å². The molecule has 26 heavy (non-hydrogen) atoms. The maximum absolute atomic E-state index is 12.5. The van der Waals surface area contributed by atoms with E-state index in [1.807, 2.05) is 31.2 Å². The molecular weight excluding hydrogens is 354 g/mol. The zero-order valence-electron chi connectivity index (χ0n) is 14.7. The second kappa shape index (κ2) is 6.53. The zero-order valence-corrected chi connectivity index (χ0v) is 15.6. The molecule has 0 spiro atoms. The molecule has 3 rings (SSSR count). The van der Waals surface area contributed by atoms with E-state index in [0.29, 0.717) is 12.1 Å². The summed E-state index contributed by atoms with van der Waals surface area (Å²) in [6, 6.07) is 9.26. The van der Waals surface area contributed by atoms with E-state index in [1.54, 1.807) is 6.92 Å². The quantitative estimate of drug-likeness (QED) is 0.689. The number of fused-ring (bicyclic) bond motifs is 1. The summed E-state index contributed by atoms with van der Waals surface area (Å²) < 4.78 is 25.0. The molecule has 0 amide bonds. The van der Waals surface area contributed by atoms with E-state index in [9.17, 15) is 18.0 Å². The van der Waals surface area contributed by atoms with Crippen LogP contribution in [-0.4, -0.2) is 34.4 Å². The first-order valence-corrected chi connectivity index (χ1v) is 9.93. The van der Waals surface area contributed by atoms with Crippen LogP contribution < -0.4 is 5.56 Å². The Morgan fingerprint density at radius 3 is 2.62 bits per heavy atom. The van der Waals surface area contributed by atoms with Crippen molar-refractivity contribution in [3.05, 3.63) is 63.3 Å². The lowest BCUT2D eigenvalue weighted by Crippen LogP contribution is -2.19. The average Bonchev–Trinajstić information content (AvgIpc) is 2.89. The van der Waals surface area contributed by atoms with Crippen molar-refractivity contribution >= 4 is 26.8 Å². The van der Waals surface area contributed by atoms with Crippen molar-refractivity contribution in [2.45, 2.75) is 26.7 Å². The minimum atomic E-state index is -3.65. The van der Waals surface area contributed by atoms with Crippen molar-refractivity contribution < 1.29 is 13.2 Å². The molecule has 1 aromatic carbocycles. The first-order valence-electron chi connectivity index (χ1n) is 8.08. The molecule has 8 heteroatoms. The number of carbonyl (C=O) groups excluding carboxylic acids is 1. The second-order valence-electron chi connectivity index (χ2n) is 6.38. The van der Waals surface area contributed by atoms with Crippen molar-refractivity contribution in [1.29, 1.82) is 0 Å². The van der Waals surface area contributed by atoms with Gasteiger partial charge in [0.15, 0.2) is 17.3 Å². The number of nitrogens with zero attached hydrogens (tertiary/aromatic N) is 2. The smallest absolute Gasteiger partial charge is 0.260 e. The Bertz CT molecular complexity index is 1170. The molecular formula is C18H19N3O4S. The van der Waals surface area contributed by atoms with E-state index in [4.69, 9.17) is 0 Å². The monoisotopic (exact) mass is 373 g/mol. The van der Waals surface area contributed by atoms with Crippen LogP contribution in [0.5, 0.6) is 0 Å². The number of benzene rings is 1. The Balaban J connectivity index is 1.97. The highest BCUT2D eigenvalue weighted by Gasteiger charge is 2.20. The summed E-state index contributed by atoms with van der Waals surface area (Å²) in [4.78, 5) is 31.3. The van der Waals surface area contributed by atoms with Gasteiger partial charge >= 0.3 is 0 Å². The fourth-order valence-electron chi connectivity index (χ4n) is 2.98. The van der Waals surface area contributed by atoms with Crippen LogP contribution in [-0.2, 0) is 16.4 Å². The van der Waals surface area contributed by atoms with Gasteiger partial charge in [0.05, 0.1) is 11.6 Å². The maximum Gasteiger partial charge on any atom is 0.260 e. The summed E-state index contributed by atoms with van der Waals surface area (Å²) in [6.07, 6.45) is 1.70. The number of aromatic nitrogens is 3. The van der Waals surface area contributed by atoms with E-state index in [2.05, 4.69) is 9.97 Å². The molecule has 3 aromatic rings. The summed E-state index contributed by atoms with van der Waals surface area (Å²) in [6.45, 7) is 3.54. The topological polar surface area (TPSA) is 102 Å². The molecule has 136 valence electrons. The van der Waals surface area contributed by atoms with Gasteiger partial charge in [0.2, 0.25) is 10.0 Å². The van der Waals surface area contributed by atoms with Gasteiger partial charge in [-0.1, -0.05) is 29.8 Å². The van der Waals surface area contributed by atoms with E-state index >= 15 is 0 Å². The standard InChI is InChI=1S/C18H19N3O4S/c1-11-5-4-6-13(9-11)7-8-15(22)16-19-17-14(18(23)20-16)10-12(2)21(17)26(3,24)25/h4-6,9-10H,7-8H2,1-3H3,(H,19,20,23). The minimum Gasteiger partial charge on any atom is -0.303 e. The van der Waals surface area contributed by atoms with Crippen LogP contribution in [0.15, 0.2) is 35.1 Å². The van der Waals surface area contributed by atoms with Gasteiger partial charge in [0.1, 0.15) is 0 Å². The Morgan fingerprint density at radius 2 is 1.96 bits per heavy atom. The molecule has 0 bridgehead atoms. The SMILES string of the molecule is Cc1cccc(CCC(=O)c2nc3c(cc(C)n3S(C)(=O)=O)c(=O)[nH]2)c1. The number of rotatable bonds is 5. The molecule has 0 atom stereocenters. The highest BCUT2D eigenvalue weighted by molar-refractivity contribution is 7.89. The van der Waals surface area contributed by atoms with E-state index in [0.717, 1.165) is 21.4 Å². The number of ketones is 1. The third-order valence-electron chi connectivity index (χ3n) is 4.12. The Kier molecular flexibility index (Phi) is 4.53. The summed E-state index contributed by atoms with van der Waals surface area (Å²) in [5, 5.41) is 0.142. The van der Waals surface area contributed by atoms with Crippen LogP contribution in [0, 0.1) is 13.8 Å². The molecule has 0 saturated heterocycles. The average molecular weight is 373 g/mol. The van der Waals surface area contributed by atoms with Crippen LogP contribution in [0.3, 0.4) is 0 Å². The lowest BCUT2D eigenvalue weighted by Gasteiger charge is -2.06. The van der Waals surface area contributed by atoms with Gasteiger partial charge in [-0.2, -0.15) is 0 Å². The normalized spacial score (nSPS) is 11.8. The van der Waals surface area contributed by atoms with Gasteiger partial charge in [0, 0.05) is 12.1 Å². The number of aryl methyl sites for hydroxylation is 3. The number of Topliss-reactive ketones (excluding diaryl/α,β-unsaturated/α-hetero) is 1. The Labute approximate surface area is 150 Å². The summed E-state index contributed by atoms with van der Waals surface area (Å²) in [5.74, 6) is -0.470. The number of H-pyrrole nitrogens is 1. The molecule has 0 aliphatic carbocycles. The van der Waals surface area contributed by atoms with Gasteiger partial charge in [-0.25, -0.2) is 17.4 Å².